The van der Waals surface area contributed by atoms with Crippen LogP contribution < -0.4 is 10.6 Å². The maximum atomic E-state index is 13.6. The highest BCUT2D eigenvalue weighted by molar-refractivity contribution is 7.09. The normalized spacial score (nSPS) is 11.6. The SMILES string of the molecule is CCNC(=NCCc1csc(C)n1)NCCc1c(F)cccc1F. The molecular formula is C17H22F2N4S. The molecule has 0 radical (unpaired) electrons. The molecule has 0 saturated carbocycles. The molecule has 0 unspecified atom stereocenters. The molecule has 0 amide bonds. The van der Waals surface area contributed by atoms with Gasteiger partial charge in [0.1, 0.15) is 11.6 Å². The van der Waals surface area contributed by atoms with E-state index in [2.05, 4.69) is 20.6 Å². The van der Waals surface area contributed by atoms with E-state index >= 15 is 0 Å². The number of nitrogens with one attached hydrogen (secondary N) is 2. The van der Waals surface area contributed by atoms with E-state index in [0.717, 1.165) is 23.7 Å². The first kappa shape index (κ1) is 18.3. The van der Waals surface area contributed by atoms with Crippen LogP contribution in [0.25, 0.3) is 0 Å². The zero-order chi connectivity index (χ0) is 17.4. The third kappa shape index (κ3) is 5.56. The molecule has 0 aliphatic heterocycles. The number of benzene rings is 1. The van der Waals surface area contributed by atoms with Crippen LogP contribution in [0.4, 0.5) is 8.78 Å². The van der Waals surface area contributed by atoms with Crippen molar-refractivity contribution in [1.82, 2.24) is 15.6 Å². The molecule has 0 bridgehead atoms. The van der Waals surface area contributed by atoms with E-state index in [4.69, 9.17) is 0 Å². The lowest BCUT2D eigenvalue weighted by Gasteiger charge is -2.11. The summed E-state index contributed by atoms with van der Waals surface area (Å²) in [5.74, 6) is -0.392. The van der Waals surface area contributed by atoms with Crippen LogP contribution in [0, 0.1) is 18.6 Å². The second kappa shape index (κ2) is 9.32. The fourth-order valence-corrected chi connectivity index (χ4v) is 2.87. The third-order valence-electron chi connectivity index (χ3n) is 3.38. The molecule has 0 atom stereocenters. The van der Waals surface area contributed by atoms with Crippen molar-refractivity contribution in [3.63, 3.8) is 0 Å². The maximum Gasteiger partial charge on any atom is 0.191 e. The van der Waals surface area contributed by atoms with Gasteiger partial charge in [-0.1, -0.05) is 6.07 Å². The first-order chi connectivity index (χ1) is 11.6. The van der Waals surface area contributed by atoms with Crippen LogP contribution in [-0.2, 0) is 12.8 Å². The Morgan fingerprint density at radius 1 is 1.21 bits per heavy atom. The molecule has 2 rings (SSSR count). The summed E-state index contributed by atoms with van der Waals surface area (Å²) in [6, 6.07) is 3.91. The summed E-state index contributed by atoms with van der Waals surface area (Å²) in [5.41, 5.74) is 1.13. The van der Waals surface area contributed by atoms with E-state index in [0.29, 0.717) is 19.0 Å². The van der Waals surface area contributed by atoms with Gasteiger partial charge in [-0.15, -0.1) is 11.3 Å². The summed E-state index contributed by atoms with van der Waals surface area (Å²) in [4.78, 5) is 8.87. The lowest BCUT2D eigenvalue weighted by molar-refractivity contribution is 0.553. The van der Waals surface area contributed by atoms with Crippen LogP contribution in [0.15, 0.2) is 28.6 Å². The van der Waals surface area contributed by atoms with Crippen LogP contribution in [0.3, 0.4) is 0 Å². The molecule has 0 aliphatic rings. The van der Waals surface area contributed by atoms with E-state index in [1.807, 2.05) is 19.2 Å². The van der Waals surface area contributed by atoms with E-state index < -0.39 is 11.6 Å². The number of aliphatic imine (C=N–C) groups is 1. The number of aromatic nitrogens is 1. The zero-order valence-electron chi connectivity index (χ0n) is 13.9. The van der Waals surface area contributed by atoms with Gasteiger partial charge in [-0.3, -0.25) is 4.99 Å². The summed E-state index contributed by atoms with van der Waals surface area (Å²) in [6.45, 7) is 5.67. The van der Waals surface area contributed by atoms with Crippen molar-refractivity contribution in [1.29, 1.82) is 0 Å². The van der Waals surface area contributed by atoms with Gasteiger partial charge < -0.3 is 10.6 Å². The zero-order valence-corrected chi connectivity index (χ0v) is 14.7. The molecule has 1 aromatic carbocycles. The first-order valence-corrected chi connectivity index (χ1v) is 8.84. The quantitative estimate of drug-likeness (QED) is 0.595. The number of hydrogen-bond donors (Lipinski definition) is 2. The summed E-state index contributed by atoms with van der Waals surface area (Å²) in [6.07, 6.45) is 1.02. The fourth-order valence-electron chi connectivity index (χ4n) is 2.22. The van der Waals surface area contributed by atoms with Gasteiger partial charge in [0.05, 0.1) is 10.7 Å². The van der Waals surface area contributed by atoms with Crippen LogP contribution in [0.5, 0.6) is 0 Å². The standard InChI is InChI=1S/C17H22F2N4S/c1-3-20-17(21-9-7-13-11-24-12(2)23-13)22-10-8-14-15(18)5-4-6-16(14)19/h4-6,11H,3,7-10H2,1-2H3,(H2,20,21,22). The molecule has 0 saturated heterocycles. The number of aryl methyl sites for hydroxylation is 1. The minimum absolute atomic E-state index is 0.0961. The van der Waals surface area contributed by atoms with Gasteiger partial charge in [0.15, 0.2) is 5.96 Å². The number of thiazole rings is 1. The lowest BCUT2D eigenvalue weighted by Crippen LogP contribution is -2.38. The Morgan fingerprint density at radius 3 is 2.58 bits per heavy atom. The molecule has 2 aromatic rings. The monoisotopic (exact) mass is 352 g/mol. The van der Waals surface area contributed by atoms with Gasteiger partial charge in [0.2, 0.25) is 0 Å². The highest BCUT2D eigenvalue weighted by Crippen LogP contribution is 2.12. The van der Waals surface area contributed by atoms with E-state index in [1.165, 1.54) is 18.2 Å². The summed E-state index contributed by atoms with van der Waals surface area (Å²) in [7, 11) is 0. The molecule has 24 heavy (non-hydrogen) atoms. The van der Waals surface area contributed by atoms with Crippen molar-refractivity contribution >= 4 is 17.3 Å². The smallest absolute Gasteiger partial charge is 0.191 e. The summed E-state index contributed by atoms with van der Waals surface area (Å²) in [5, 5.41) is 9.31. The van der Waals surface area contributed by atoms with Crippen LogP contribution in [0.2, 0.25) is 0 Å². The van der Waals surface area contributed by atoms with Gasteiger partial charge in [-0.2, -0.15) is 0 Å². The Hall–Kier alpha value is -2.02. The summed E-state index contributed by atoms with van der Waals surface area (Å²) >= 11 is 1.63. The summed E-state index contributed by atoms with van der Waals surface area (Å²) < 4.78 is 27.2. The molecule has 0 spiro atoms. The largest absolute Gasteiger partial charge is 0.357 e. The Morgan fingerprint density at radius 2 is 1.96 bits per heavy atom. The number of guanidine groups is 1. The number of nitrogens with zero attached hydrogens (tertiary/aromatic N) is 2. The molecule has 130 valence electrons. The average molecular weight is 352 g/mol. The Kier molecular flexibility index (Phi) is 7.11. The molecule has 1 aromatic heterocycles. The van der Waals surface area contributed by atoms with Crippen molar-refractivity contribution in [3.8, 4) is 0 Å². The minimum Gasteiger partial charge on any atom is -0.357 e. The second-order valence-corrected chi connectivity index (χ2v) is 6.31. The van der Waals surface area contributed by atoms with Crippen molar-refractivity contribution < 1.29 is 8.78 Å². The lowest BCUT2D eigenvalue weighted by atomic mass is 10.1. The van der Waals surface area contributed by atoms with Gasteiger partial charge in [0, 0.05) is 37.0 Å². The van der Waals surface area contributed by atoms with Gasteiger partial charge in [0.25, 0.3) is 0 Å². The average Bonchev–Trinajstić information content (AvgIpc) is 2.95. The molecule has 0 aliphatic carbocycles. The predicted octanol–water partition coefficient (Wildman–Crippen LogP) is 3.07. The molecular weight excluding hydrogens is 330 g/mol. The number of rotatable bonds is 7. The highest BCUT2D eigenvalue weighted by atomic mass is 32.1. The van der Waals surface area contributed by atoms with E-state index in [1.54, 1.807) is 11.3 Å². The van der Waals surface area contributed by atoms with Gasteiger partial charge >= 0.3 is 0 Å². The van der Waals surface area contributed by atoms with Crippen LogP contribution in [0.1, 0.15) is 23.2 Å². The van der Waals surface area contributed by atoms with Crippen molar-refractivity contribution in [3.05, 3.63) is 51.5 Å². The molecule has 2 N–H and O–H groups in total. The fraction of sp³-hybridized carbons (Fsp3) is 0.412. The van der Waals surface area contributed by atoms with Gasteiger partial charge in [-0.25, -0.2) is 13.8 Å². The Labute approximate surface area is 145 Å². The highest BCUT2D eigenvalue weighted by Gasteiger charge is 2.08. The van der Waals surface area contributed by atoms with Crippen LogP contribution >= 0.6 is 11.3 Å². The van der Waals surface area contributed by atoms with E-state index in [-0.39, 0.29) is 12.0 Å². The number of hydrogen-bond acceptors (Lipinski definition) is 3. The van der Waals surface area contributed by atoms with E-state index in [9.17, 15) is 8.78 Å². The predicted molar refractivity (Wildman–Crippen MR) is 94.6 cm³/mol. The van der Waals surface area contributed by atoms with Crippen LogP contribution in [-0.4, -0.2) is 30.6 Å². The van der Waals surface area contributed by atoms with Gasteiger partial charge in [-0.05, 0) is 32.4 Å². The van der Waals surface area contributed by atoms with Crippen molar-refractivity contribution in [2.24, 2.45) is 4.99 Å². The van der Waals surface area contributed by atoms with Crippen molar-refractivity contribution in [2.75, 3.05) is 19.6 Å². The first-order valence-electron chi connectivity index (χ1n) is 7.96. The number of halogens is 2. The molecule has 7 heteroatoms. The minimum atomic E-state index is -0.516. The molecule has 1 heterocycles. The second-order valence-electron chi connectivity index (χ2n) is 5.25. The Balaban J connectivity index is 1.85. The Bertz CT molecular complexity index is 665. The molecule has 4 nitrogen and oxygen atoms in total. The third-order valence-corrected chi connectivity index (χ3v) is 4.20. The maximum absolute atomic E-state index is 13.6. The van der Waals surface area contributed by atoms with Crippen molar-refractivity contribution in [2.45, 2.75) is 26.7 Å². The molecule has 0 fully saturated rings. The topological polar surface area (TPSA) is 49.3 Å².